The van der Waals surface area contributed by atoms with Crippen LogP contribution in [0.4, 0.5) is 21.9 Å². The third-order valence-corrected chi connectivity index (χ3v) is 5.23. The van der Waals surface area contributed by atoms with E-state index in [1.165, 1.54) is 12.1 Å². The molecule has 2 aromatic carbocycles. The van der Waals surface area contributed by atoms with Gasteiger partial charge in [-0.1, -0.05) is 12.1 Å². The highest BCUT2D eigenvalue weighted by Gasteiger charge is 2.18. The van der Waals surface area contributed by atoms with Crippen LogP contribution >= 0.6 is 0 Å². The highest BCUT2D eigenvalue weighted by atomic mass is 16.6. The molecule has 1 fully saturated rings. The molecule has 1 aliphatic rings. The van der Waals surface area contributed by atoms with E-state index in [9.17, 15) is 14.9 Å². The van der Waals surface area contributed by atoms with Gasteiger partial charge in [0.2, 0.25) is 0 Å². The number of nitro groups is 1. The molecule has 1 saturated heterocycles. The Morgan fingerprint density at radius 1 is 1.10 bits per heavy atom. The van der Waals surface area contributed by atoms with Gasteiger partial charge in [0.15, 0.2) is 0 Å². The number of amides is 2. The molecular weight excluding hydrogens is 398 g/mol. The van der Waals surface area contributed by atoms with Crippen LogP contribution in [0.1, 0.15) is 5.56 Å². The molecule has 2 amide bonds. The molecule has 0 saturated carbocycles. The number of hydrogen-bond donors (Lipinski definition) is 1. The number of non-ortho nitro benzene ring substituents is 1. The number of ether oxygens (including phenoxy) is 1. The van der Waals surface area contributed by atoms with E-state index in [-0.39, 0.29) is 11.7 Å². The molecule has 2 aromatic rings. The smallest absolute Gasteiger partial charge is 0.322 e. The Kier molecular flexibility index (Phi) is 7.80. The van der Waals surface area contributed by atoms with Gasteiger partial charge >= 0.3 is 6.03 Å². The summed E-state index contributed by atoms with van der Waals surface area (Å²) in [6, 6.07) is 13.7. The number of nitrogens with one attached hydrogen (secondary N) is 1. The molecule has 0 aliphatic carbocycles. The minimum atomic E-state index is -0.461. The van der Waals surface area contributed by atoms with E-state index in [0.29, 0.717) is 32.0 Å². The van der Waals surface area contributed by atoms with Crippen molar-refractivity contribution in [2.75, 3.05) is 63.7 Å². The molecule has 1 N–H and O–H groups in total. The van der Waals surface area contributed by atoms with E-state index in [4.69, 9.17) is 4.74 Å². The summed E-state index contributed by atoms with van der Waals surface area (Å²) in [5.41, 5.74) is 2.64. The molecular formula is C22H29N5O4. The van der Waals surface area contributed by atoms with Crippen molar-refractivity contribution in [3.63, 3.8) is 0 Å². The number of carbonyl (C=O) groups is 1. The highest BCUT2D eigenvalue weighted by molar-refractivity contribution is 5.89. The summed E-state index contributed by atoms with van der Waals surface area (Å²) in [4.78, 5) is 29.5. The van der Waals surface area contributed by atoms with Gasteiger partial charge in [-0.15, -0.1) is 0 Å². The maximum Gasteiger partial charge on any atom is 0.322 e. The summed E-state index contributed by atoms with van der Waals surface area (Å²) >= 11 is 0. The number of nitrogens with zero attached hydrogens (tertiary/aromatic N) is 4. The molecule has 31 heavy (non-hydrogen) atoms. The number of nitro benzene ring substituents is 1. The normalized spacial score (nSPS) is 14.1. The van der Waals surface area contributed by atoms with E-state index in [0.717, 1.165) is 30.9 Å². The molecule has 9 nitrogen and oxygen atoms in total. The van der Waals surface area contributed by atoms with Crippen LogP contribution in [0.15, 0.2) is 48.5 Å². The molecule has 9 heteroatoms. The zero-order valence-corrected chi connectivity index (χ0v) is 18.0. The lowest BCUT2D eigenvalue weighted by molar-refractivity contribution is -0.384. The summed E-state index contributed by atoms with van der Waals surface area (Å²) in [6.07, 6.45) is 0. The zero-order valence-electron chi connectivity index (χ0n) is 18.0. The largest absolute Gasteiger partial charge is 0.379 e. The third-order valence-electron chi connectivity index (χ3n) is 5.23. The second kappa shape index (κ2) is 10.7. The summed E-state index contributed by atoms with van der Waals surface area (Å²) in [5.74, 6) is 0. The van der Waals surface area contributed by atoms with Gasteiger partial charge in [0, 0.05) is 70.3 Å². The van der Waals surface area contributed by atoms with Gasteiger partial charge in [0.25, 0.3) is 5.69 Å². The molecule has 0 spiro atoms. The van der Waals surface area contributed by atoms with Gasteiger partial charge in [0.1, 0.15) is 0 Å². The predicted molar refractivity (Wildman–Crippen MR) is 121 cm³/mol. The van der Waals surface area contributed by atoms with Crippen LogP contribution < -0.4 is 10.2 Å². The monoisotopic (exact) mass is 427 g/mol. The Bertz CT molecular complexity index is 864. The lowest BCUT2D eigenvalue weighted by Crippen LogP contribution is -2.44. The summed E-state index contributed by atoms with van der Waals surface area (Å²) in [6.45, 7) is 4.92. The van der Waals surface area contributed by atoms with E-state index in [2.05, 4.69) is 10.2 Å². The Morgan fingerprint density at radius 3 is 2.32 bits per heavy atom. The first-order valence-corrected chi connectivity index (χ1v) is 10.3. The first-order chi connectivity index (χ1) is 14.9. The van der Waals surface area contributed by atoms with Gasteiger partial charge in [-0.05, 0) is 29.8 Å². The second-order valence-corrected chi connectivity index (χ2v) is 7.67. The number of benzene rings is 2. The number of carbonyl (C=O) groups excluding carboxylic acids is 1. The lowest BCUT2D eigenvalue weighted by Gasteiger charge is -2.30. The van der Waals surface area contributed by atoms with Crippen molar-refractivity contribution in [3.05, 3.63) is 64.2 Å². The van der Waals surface area contributed by atoms with E-state index < -0.39 is 4.92 Å². The van der Waals surface area contributed by atoms with Crippen LogP contribution in [0.5, 0.6) is 0 Å². The highest BCUT2D eigenvalue weighted by Crippen LogP contribution is 2.17. The van der Waals surface area contributed by atoms with Crippen molar-refractivity contribution in [2.45, 2.75) is 6.54 Å². The first kappa shape index (κ1) is 22.5. The second-order valence-electron chi connectivity index (χ2n) is 7.67. The maximum absolute atomic E-state index is 13.0. The summed E-state index contributed by atoms with van der Waals surface area (Å²) < 4.78 is 5.40. The van der Waals surface area contributed by atoms with E-state index in [1.807, 2.05) is 43.3 Å². The van der Waals surface area contributed by atoms with Crippen molar-refractivity contribution >= 4 is 23.1 Å². The molecule has 0 aromatic heterocycles. The molecule has 0 bridgehead atoms. The SMILES string of the molecule is CN(C)c1ccc(CN(CCN2CCOCC2)C(=O)Nc2ccc([N+](=O)[O-])cc2)cc1. The topological polar surface area (TPSA) is 91.2 Å². The van der Waals surface area contributed by atoms with Crippen molar-refractivity contribution in [3.8, 4) is 0 Å². The van der Waals surface area contributed by atoms with Crippen molar-refractivity contribution < 1.29 is 14.5 Å². The molecule has 0 unspecified atom stereocenters. The van der Waals surface area contributed by atoms with Gasteiger partial charge in [-0.25, -0.2) is 4.79 Å². The van der Waals surface area contributed by atoms with Crippen LogP contribution in [0, 0.1) is 10.1 Å². The van der Waals surface area contributed by atoms with Gasteiger partial charge < -0.3 is 19.9 Å². The Hall–Kier alpha value is -3.17. The number of hydrogen-bond acceptors (Lipinski definition) is 6. The zero-order chi connectivity index (χ0) is 22.2. The fourth-order valence-corrected chi connectivity index (χ4v) is 3.33. The number of urea groups is 1. The van der Waals surface area contributed by atoms with Crippen molar-refractivity contribution in [2.24, 2.45) is 0 Å². The van der Waals surface area contributed by atoms with Gasteiger partial charge in [-0.3, -0.25) is 15.0 Å². The van der Waals surface area contributed by atoms with E-state index in [1.54, 1.807) is 17.0 Å². The Morgan fingerprint density at radius 2 is 1.74 bits per heavy atom. The van der Waals surface area contributed by atoms with Gasteiger partial charge in [0.05, 0.1) is 18.1 Å². The summed E-state index contributed by atoms with van der Waals surface area (Å²) in [7, 11) is 3.97. The minimum Gasteiger partial charge on any atom is -0.379 e. The number of rotatable bonds is 8. The minimum absolute atomic E-state index is 0.0110. The summed E-state index contributed by atoms with van der Waals surface area (Å²) in [5, 5.41) is 13.7. The third kappa shape index (κ3) is 6.66. The average molecular weight is 428 g/mol. The van der Waals surface area contributed by atoms with Gasteiger partial charge in [-0.2, -0.15) is 0 Å². The number of anilines is 2. The van der Waals surface area contributed by atoms with Crippen LogP contribution in [0.25, 0.3) is 0 Å². The first-order valence-electron chi connectivity index (χ1n) is 10.3. The quantitative estimate of drug-likeness (QED) is 0.514. The van der Waals surface area contributed by atoms with Crippen LogP contribution in [0.3, 0.4) is 0 Å². The predicted octanol–water partition coefficient (Wildman–Crippen LogP) is 3.03. The standard InChI is InChI=1S/C22H29N5O4/c1-24(2)20-7-3-18(4-8-20)17-26(12-11-25-13-15-31-16-14-25)22(28)23-19-5-9-21(10-6-19)27(29)30/h3-10H,11-17H2,1-2H3,(H,23,28). The fourth-order valence-electron chi connectivity index (χ4n) is 3.33. The Balaban J connectivity index is 1.68. The molecule has 1 aliphatic heterocycles. The fraction of sp³-hybridized carbons (Fsp3) is 0.409. The molecule has 1 heterocycles. The lowest BCUT2D eigenvalue weighted by atomic mass is 10.2. The van der Waals surface area contributed by atoms with Crippen LogP contribution in [0.2, 0.25) is 0 Å². The van der Waals surface area contributed by atoms with Crippen LogP contribution in [-0.2, 0) is 11.3 Å². The molecule has 0 atom stereocenters. The number of morpholine rings is 1. The van der Waals surface area contributed by atoms with Crippen molar-refractivity contribution in [1.29, 1.82) is 0 Å². The van der Waals surface area contributed by atoms with Crippen molar-refractivity contribution in [1.82, 2.24) is 9.80 Å². The van der Waals surface area contributed by atoms with Crippen LogP contribution in [-0.4, -0.2) is 74.2 Å². The Labute approximate surface area is 182 Å². The average Bonchev–Trinajstić information content (AvgIpc) is 2.78. The van der Waals surface area contributed by atoms with E-state index >= 15 is 0 Å². The molecule has 166 valence electrons. The molecule has 0 radical (unpaired) electrons. The molecule has 3 rings (SSSR count). The maximum atomic E-state index is 13.0.